The number of aryl methyl sites for hydroxylation is 1. The number of rotatable bonds is 4. The van der Waals surface area contributed by atoms with Crippen LogP contribution in [-0.2, 0) is 11.3 Å². The van der Waals surface area contributed by atoms with Crippen LogP contribution in [0.2, 0.25) is 0 Å². The Balaban J connectivity index is 1.43. The monoisotopic (exact) mass is 341 g/mol. The van der Waals surface area contributed by atoms with E-state index >= 15 is 0 Å². The number of morpholine rings is 1. The normalized spacial score (nSPS) is 18.8. The van der Waals surface area contributed by atoms with Crippen molar-refractivity contribution in [3.05, 3.63) is 59.1 Å². The fourth-order valence-electron chi connectivity index (χ4n) is 2.85. The number of ether oxygens (including phenoxy) is 1. The zero-order valence-electron chi connectivity index (χ0n) is 13.5. The summed E-state index contributed by atoms with van der Waals surface area (Å²) >= 11 is 1.70. The van der Waals surface area contributed by atoms with Gasteiger partial charge in [-0.3, -0.25) is 9.88 Å². The maximum Gasteiger partial charge on any atom is 0.142 e. The summed E-state index contributed by atoms with van der Waals surface area (Å²) < 4.78 is 11.6. The zero-order valence-corrected chi connectivity index (χ0v) is 14.3. The van der Waals surface area contributed by atoms with E-state index < -0.39 is 0 Å². The minimum absolute atomic E-state index is 0.00984. The van der Waals surface area contributed by atoms with E-state index in [1.807, 2.05) is 43.5 Å². The number of furan rings is 1. The summed E-state index contributed by atoms with van der Waals surface area (Å²) in [5.41, 5.74) is 0.930. The van der Waals surface area contributed by atoms with E-state index in [0.717, 1.165) is 48.5 Å². The number of aromatic nitrogens is 2. The molecule has 24 heavy (non-hydrogen) atoms. The quantitative estimate of drug-likeness (QED) is 0.724. The second kappa shape index (κ2) is 6.84. The van der Waals surface area contributed by atoms with Gasteiger partial charge in [0, 0.05) is 36.9 Å². The van der Waals surface area contributed by atoms with E-state index in [-0.39, 0.29) is 6.10 Å². The van der Waals surface area contributed by atoms with E-state index in [1.165, 1.54) is 4.88 Å². The number of pyridine rings is 1. The van der Waals surface area contributed by atoms with E-state index in [2.05, 4.69) is 14.9 Å². The maximum atomic E-state index is 5.86. The Morgan fingerprint density at radius 2 is 2.21 bits per heavy atom. The molecule has 0 radical (unpaired) electrons. The second-order valence-electron chi connectivity index (χ2n) is 5.89. The van der Waals surface area contributed by atoms with Gasteiger partial charge in [-0.15, -0.1) is 11.3 Å². The highest BCUT2D eigenvalue weighted by atomic mass is 32.1. The van der Waals surface area contributed by atoms with E-state index in [0.29, 0.717) is 0 Å². The van der Waals surface area contributed by atoms with Crippen LogP contribution in [0, 0.1) is 6.92 Å². The molecule has 0 N–H and O–H groups in total. The third-order valence-electron chi connectivity index (χ3n) is 4.05. The Bertz CT molecular complexity index is 799. The summed E-state index contributed by atoms with van der Waals surface area (Å²) in [6.45, 7) is 5.32. The Kier molecular flexibility index (Phi) is 4.42. The van der Waals surface area contributed by atoms with Crippen LogP contribution in [0.1, 0.15) is 22.5 Å². The van der Waals surface area contributed by atoms with Crippen LogP contribution in [0.3, 0.4) is 0 Å². The van der Waals surface area contributed by atoms with Crippen LogP contribution in [-0.4, -0.2) is 34.6 Å². The van der Waals surface area contributed by atoms with Gasteiger partial charge >= 0.3 is 0 Å². The molecule has 4 rings (SSSR count). The van der Waals surface area contributed by atoms with Gasteiger partial charge in [0.15, 0.2) is 0 Å². The smallest absolute Gasteiger partial charge is 0.142 e. The van der Waals surface area contributed by atoms with Gasteiger partial charge in [0.25, 0.3) is 0 Å². The van der Waals surface area contributed by atoms with Crippen molar-refractivity contribution in [1.29, 1.82) is 0 Å². The number of hydrogen-bond acceptors (Lipinski definition) is 6. The highest BCUT2D eigenvalue weighted by Crippen LogP contribution is 2.27. The van der Waals surface area contributed by atoms with Crippen molar-refractivity contribution in [2.75, 3.05) is 19.7 Å². The summed E-state index contributed by atoms with van der Waals surface area (Å²) in [4.78, 5) is 12.5. The van der Waals surface area contributed by atoms with Crippen molar-refractivity contribution in [3.8, 4) is 10.7 Å². The molecule has 4 heterocycles. The van der Waals surface area contributed by atoms with Gasteiger partial charge in [-0.1, -0.05) is 6.07 Å². The zero-order chi connectivity index (χ0) is 16.4. The lowest BCUT2D eigenvalue weighted by Crippen LogP contribution is -2.37. The van der Waals surface area contributed by atoms with Crippen LogP contribution in [0.4, 0.5) is 0 Å². The van der Waals surface area contributed by atoms with E-state index in [1.54, 1.807) is 17.5 Å². The molecular formula is C18H19N3O2S. The molecule has 1 aliphatic heterocycles. The van der Waals surface area contributed by atoms with Crippen molar-refractivity contribution < 1.29 is 9.15 Å². The summed E-state index contributed by atoms with van der Waals surface area (Å²) in [7, 11) is 0. The topological polar surface area (TPSA) is 51.4 Å². The molecule has 124 valence electrons. The second-order valence-corrected chi connectivity index (χ2v) is 7.00. The molecule has 1 saturated heterocycles. The first kappa shape index (κ1) is 15.5. The summed E-state index contributed by atoms with van der Waals surface area (Å²) in [5.74, 6) is 1.84. The molecule has 1 aliphatic rings. The van der Waals surface area contributed by atoms with Gasteiger partial charge < -0.3 is 9.15 Å². The molecule has 6 heteroatoms. The Hall–Kier alpha value is -2.02. The molecule has 0 aliphatic carbocycles. The SMILES string of the molecule is Cc1ccc([C@H]2CN(Cc3cnc(-c4ccccn4)s3)CCO2)o1. The van der Waals surface area contributed by atoms with Gasteiger partial charge in [0.05, 0.1) is 12.3 Å². The van der Waals surface area contributed by atoms with E-state index in [9.17, 15) is 0 Å². The predicted molar refractivity (Wildman–Crippen MR) is 92.8 cm³/mol. The van der Waals surface area contributed by atoms with E-state index in [4.69, 9.17) is 9.15 Å². The first-order chi connectivity index (χ1) is 11.8. The average Bonchev–Trinajstić information content (AvgIpc) is 3.25. The molecular weight excluding hydrogens is 322 g/mol. The molecule has 0 spiro atoms. The predicted octanol–water partition coefficient (Wildman–Crippen LogP) is 3.68. The molecule has 3 aromatic heterocycles. The van der Waals surface area contributed by atoms with Gasteiger partial charge in [0.1, 0.15) is 22.6 Å². The lowest BCUT2D eigenvalue weighted by atomic mass is 10.2. The van der Waals surface area contributed by atoms with Gasteiger partial charge in [-0.25, -0.2) is 4.98 Å². The highest BCUT2D eigenvalue weighted by molar-refractivity contribution is 7.14. The molecule has 5 nitrogen and oxygen atoms in total. The van der Waals surface area contributed by atoms with Crippen LogP contribution < -0.4 is 0 Å². The van der Waals surface area contributed by atoms with Crippen LogP contribution in [0.15, 0.2) is 47.1 Å². The third-order valence-corrected chi connectivity index (χ3v) is 5.05. The molecule has 0 aromatic carbocycles. The molecule has 0 saturated carbocycles. The standard InChI is InChI=1S/C18H19N3O2S/c1-13-5-6-16(23-13)17-12-21(8-9-22-17)11-14-10-20-18(24-14)15-4-2-3-7-19-15/h2-7,10,17H,8-9,11-12H2,1H3/t17-/m1/s1. The van der Waals surface area contributed by atoms with Crippen molar-refractivity contribution >= 4 is 11.3 Å². The molecule has 3 aromatic rings. The summed E-state index contributed by atoms with van der Waals surface area (Å²) in [6, 6.07) is 9.89. The lowest BCUT2D eigenvalue weighted by Gasteiger charge is -2.31. The summed E-state index contributed by atoms with van der Waals surface area (Å²) in [5, 5.41) is 0.970. The third kappa shape index (κ3) is 3.40. The van der Waals surface area contributed by atoms with Gasteiger partial charge in [0.2, 0.25) is 0 Å². The Morgan fingerprint density at radius 3 is 3.00 bits per heavy atom. The average molecular weight is 341 g/mol. The van der Waals surface area contributed by atoms with Crippen molar-refractivity contribution in [2.45, 2.75) is 19.6 Å². The minimum Gasteiger partial charge on any atom is -0.464 e. The molecule has 0 amide bonds. The van der Waals surface area contributed by atoms with Crippen molar-refractivity contribution in [1.82, 2.24) is 14.9 Å². The fourth-order valence-corrected chi connectivity index (χ4v) is 3.79. The number of hydrogen-bond donors (Lipinski definition) is 0. The first-order valence-corrected chi connectivity index (χ1v) is 8.86. The molecule has 0 unspecified atom stereocenters. The van der Waals surface area contributed by atoms with Crippen molar-refractivity contribution in [2.24, 2.45) is 0 Å². The van der Waals surface area contributed by atoms with Crippen LogP contribution in [0.5, 0.6) is 0 Å². The molecule has 1 fully saturated rings. The Morgan fingerprint density at radius 1 is 1.25 bits per heavy atom. The largest absolute Gasteiger partial charge is 0.464 e. The fraction of sp³-hybridized carbons (Fsp3) is 0.333. The lowest BCUT2D eigenvalue weighted by molar-refractivity contribution is -0.0427. The number of thiazole rings is 1. The van der Waals surface area contributed by atoms with Gasteiger partial charge in [-0.05, 0) is 31.2 Å². The van der Waals surface area contributed by atoms with Crippen molar-refractivity contribution in [3.63, 3.8) is 0 Å². The first-order valence-electron chi connectivity index (χ1n) is 8.04. The van der Waals surface area contributed by atoms with Gasteiger partial charge in [-0.2, -0.15) is 0 Å². The summed E-state index contributed by atoms with van der Waals surface area (Å²) in [6.07, 6.45) is 3.76. The minimum atomic E-state index is 0.00984. The molecule has 0 bridgehead atoms. The van der Waals surface area contributed by atoms with Crippen LogP contribution >= 0.6 is 11.3 Å². The maximum absolute atomic E-state index is 5.86. The number of nitrogens with zero attached hydrogens (tertiary/aromatic N) is 3. The molecule has 1 atom stereocenters. The Labute approximate surface area is 144 Å². The highest BCUT2D eigenvalue weighted by Gasteiger charge is 2.24. The van der Waals surface area contributed by atoms with Crippen LogP contribution in [0.25, 0.3) is 10.7 Å².